The summed E-state index contributed by atoms with van der Waals surface area (Å²) in [5.41, 5.74) is 8.34. The van der Waals surface area contributed by atoms with Crippen LogP contribution in [0.5, 0.6) is 0 Å². The number of fused-ring (bicyclic) bond motifs is 2. The summed E-state index contributed by atoms with van der Waals surface area (Å²) >= 11 is 0. The standard InChI is InChI=1S/C38H27N/c1-3-11-36(12-4-1)39(37-13-5-2-6-14-37)38-23-21-29(22-24-38)31-17-18-34-27-35(20-19-33(34)26-31)32-16-15-28-9-7-8-10-30(28)25-32/h1-27H. The Balaban J connectivity index is 1.20. The summed E-state index contributed by atoms with van der Waals surface area (Å²) in [5, 5.41) is 5.04. The molecule has 39 heavy (non-hydrogen) atoms. The Morgan fingerprint density at radius 2 is 0.615 bits per heavy atom. The van der Waals surface area contributed by atoms with E-state index in [0.29, 0.717) is 0 Å². The Morgan fingerprint density at radius 1 is 0.256 bits per heavy atom. The van der Waals surface area contributed by atoms with E-state index in [1.165, 1.54) is 43.8 Å². The van der Waals surface area contributed by atoms with Crippen LogP contribution >= 0.6 is 0 Å². The average Bonchev–Trinajstić information content (AvgIpc) is 3.02. The van der Waals surface area contributed by atoms with Crippen molar-refractivity contribution in [2.24, 2.45) is 0 Å². The molecule has 0 atom stereocenters. The highest BCUT2D eigenvalue weighted by Gasteiger charge is 2.12. The maximum Gasteiger partial charge on any atom is 0.0462 e. The fraction of sp³-hybridized carbons (Fsp3) is 0. The van der Waals surface area contributed by atoms with Gasteiger partial charge in [-0.2, -0.15) is 0 Å². The van der Waals surface area contributed by atoms with Crippen LogP contribution in [0, 0.1) is 0 Å². The van der Waals surface area contributed by atoms with Crippen molar-refractivity contribution in [1.29, 1.82) is 0 Å². The predicted molar refractivity (Wildman–Crippen MR) is 167 cm³/mol. The van der Waals surface area contributed by atoms with Crippen molar-refractivity contribution in [3.05, 3.63) is 164 Å². The molecule has 0 amide bonds. The van der Waals surface area contributed by atoms with Crippen molar-refractivity contribution >= 4 is 38.6 Å². The smallest absolute Gasteiger partial charge is 0.0462 e. The van der Waals surface area contributed by atoms with Crippen molar-refractivity contribution in [2.75, 3.05) is 4.90 Å². The monoisotopic (exact) mass is 497 g/mol. The van der Waals surface area contributed by atoms with Gasteiger partial charge >= 0.3 is 0 Å². The van der Waals surface area contributed by atoms with Gasteiger partial charge in [0.25, 0.3) is 0 Å². The van der Waals surface area contributed by atoms with Gasteiger partial charge in [0.1, 0.15) is 0 Å². The molecular weight excluding hydrogens is 470 g/mol. The van der Waals surface area contributed by atoms with Crippen LogP contribution in [-0.2, 0) is 0 Å². The molecule has 0 saturated carbocycles. The second-order valence-corrected chi connectivity index (χ2v) is 9.89. The zero-order valence-corrected chi connectivity index (χ0v) is 21.5. The van der Waals surface area contributed by atoms with Crippen LogP contribution in [-0.4, -0.2) is 0 Å². The lowest BCUT2D eigenvalue weighted by atomic mass is 9.96. The van der Waals surface area contributed by atoms with E-state index in [4.69, 9.17) is 0 Å². The fourth-order valence-electron chi connectivity index (χ4n) is 5.38. The minimum atomic E-state index is 1.14. The molecule has 0 aliphatic rings. The van der Waals surface area contributed by atoms with Crippen LogP contribution in [0.25, 0.3) is 43.8 Å². The van der Waals surface area contributed by atoms with E-state index in [2.05, 4.69) is 169 Å². The predicted octanol–water partition coefficient (Wildman–Crippen LogP) is 10.8. The van der Waals surface area contributed by atoms with Crippen molar-refractivity contribution in [3.8, 4) is 22.3 Å². The number of nitrogens with zero attached hydrogens (tertiary/aromatic N) is 1. The van der Waals surface area contributed by atoms with E-state index in [1.807, 2.05) is 0 Å². The molecule has 0 spiro atoms. The Bertz CT molecular complexity index is 1850. The molecule has 1 nitrogen and oxygen atoms in total. The number of hydrogen-bond donors (Lipinski definition) is 0. The SMILES string of the molecule is c1ccc(N(c2ccccc2)c2ccc(-c3ccc4cc(-c5ccc6ccccc6c5)ccc4c3)cc2)cc1. The summed E-state index contributed by atoms with van der Waals surface area (Å²) in [5.74, 6) is 0. The summed E-state index contributed by atoms with van der Waals surface area (Å²) in [7, 11) is 0. The largest absolute Gasteiger partial charge is 0.311 e. The van der Waals surface area contributed by atoms with Crippen LogP contribution < -0.4 is 4.90 Å². The molecule has 0 aromatic heterocycles. The molecule has 0 bridgehead atoms. The molecule has 0 N–H and O–H groups in total. The van der Waals surface area contributed by atoms with Crippen molar-refractivity contribution < 1.29 is 0 Å². The summed E-state index contributed by atoms with van der Waals surface area (Å²) < 4.78 is 0. The maximum atomic E-state index is 2.30. The van der Waals surface area contributed by atoms with Gasteiger partial charge in [0, 0.05) is 17.1 Å². The van der Waals surface area contributed by atoms with Gasteiger partial charge in [0.05, 0.1) is 0 Å². The highest BCUT2D eigenvalue weighted by Crippen LogP contribution is 2.36. The lowest BCUT2D eigenvalue weighted by Crippen LogP contribution is -2.09. The molecule has 0 saturated heterocycles. The summed E-state index contributed by atoms with van der Waals surface area (Å²) in [6, 6.07) is 58.7. The van der Waals surface area contributed by atoms with E-state index in [-0.39, 0.29) is 0 Å². The number of para-hydroxylation sites is 2. The minimum absolute atomic E-state index is 1.14. The zero-order chi connectivity index (χ0) is 26.0. The lowest BCUT2D eigenvalue weighted by molar-refractivity contribution is 1.28. The molecule has 0 aliphatic carbocycles. The number of hydrogen-bond acceptors (Lipinski definition) is 1. The van der Waals surface area contributed by atoms with Gasteiger partial charge in [0.2, 0.25) is 0 Å². The van der Waals surface area contributed by atoms with Crippen molar-refractivity contribution in [3.63, 3.8) is 0 Å². The topological polar surface area (TPSA) is 3.24 Å². The number of anilines is 3. The van der Waals surface area contributed by atoms with E-state index in [1.54, 1.807) is 0 Å². The van der Waals surface area contributed by atoms with E-state index in [9.17, 15) is 0 Å². The zero-order valence-electron chi connectivity index (χ0n) is 21.5. The maximum absolute atomic E-state index is 2.30. The lowest BCUT2D eigenvalue weighted by Gasteiger charge is -2.25. The summed E-state index contributed by atoms with van der Waals surface area (Å²) in [6.07, 6.45) is 0. The molecule has 7 rings (SSSR count). The van der Waals surface area contributed by atoms with Gasteiger partial charge in [-0.15, -0.1) is 0 Å². The molecule has 0 fully saturated rings. The van der Waals surface area contributed by atoms with Gasteiger partial charge in [-0.25, -0.2) is 0 Å². The first kappa shape index (κ1) is 23.0. The quantitative estimate of drug-likeness (QED) is 0.229. The highest BCUT2D eigenvalue weighted by molar-refractivity contribution is 5.93. The third-order valence-electron chi connectivity index (χ3n) is 7.41. The number of rotatable bonds is 5. The van der Waals surface area contributed by atoms with Crippen molar-refractivity contribution in [1.82, 2.24) is 0 Å². The molecule has 184 valence electrons. The van der Waals surface area contributed by atoms with E-state index >= 15 is 0 Å². The van der Waals surface area contributed by atoms with Crippen LogP contribution in [0.3, 0.4) is 0 Å². The van der Waals surface area contributed by atoms with Crippen LogP contribution in [0.15, 0.2) is 164 Å². The average molecular weight is 498 g/mol. The molecule has 7 aromatic rings. The Labute approximate surface area is 229 Å². The van der Waals surface area contributed by atoms with Gasteiger partial charge in [-0.1, -0.05) is 109 Å². The highest BCUT2D eigenvalue weighted by atomic mass is 15.1. The van der Waals surface area contributed by atoms with Gasteiger partial charge in [-0.3, -0.25) is 0 Å². The van der Waals surface area contributed by atoms with Crippen LogP contribution in [0.4, 0.5) is 17.1 Å². The molecule has 7 aromatic carbocycles. The molecule has 0 heterocycles. The molecule has 0 unspecified atom stereocenters. The molecule has 0 aliphatic heterocycles. The normalized spacial score (nSPS) is 11.1. The summed E-state index contributed by atoms with van der Waals surface area (Å²) in [4.78, 5) is 2.29. The fourth-order valence-corrected chi connectivity index (χ4v) is 5.38. The first-order valence-corrected chi connectivity index (χ1v) is 13.4. The second-order valence-electron chi connectivity index (χ2n) is 9.89. The second kappa shape index (κ2) is 9.96. The molecule has 0 radical (unpaired) electrons. The van der Waals surface area contributed by atoms with Crippen LogP contribution in [0.1, 0.15) is 0 Å². The van der Waals surface area contributed by atoms with E-state index < -0.39 is 0 Å². The van der Waals surface area contributed by atoms with E-state index in [0.717, 1.165) is 17.1 Å². The van der Waals surface area contributed by atoms with Crippen molar-refractivity contribution in [2.45, 2.75) is 0 Å². The molecular formula is C38H27N. The van der Waals surface area contributed by atoms with Crippen LogP contribution in [0.2, 0.25) is 0 Å². The van der Waals surface area contributed by atoms with Gasteiger partial charge < -0.3 is 4.90 Å². The third-order valence-corrected chi connectivity index (χ3v) is 7.41. The Kier molecular flexibility index (Phi) is 5.88. The molecule has 1 heteroatoms. The summed E-state index contributed by atoms with van der Waals surface area (Å²) in [6.45, 7) is 0. The minimum Gasteiger partial charge on any atom is -0.311 e. The number of benzene rings is 7. The Morgan fingerprint density at radius 3 is 1.15 bits per heavy atom. The van der Waals surface area contributed by atoms with Gasteiger partial charge in [0.15, 0.2) is 0 Å². The van der Waals surface area contributed by atoms with Gasteiger partial charge in [-0.05, 0) is 98.4 Å². The Hall–Kier alpha value is -5.14. The first-order chi connectivity index (χ1) is 19.3. The first-order valence-electron chi connectivity index (χ1n) is 13.4. The third kappa shape index (κ3) is 4.56.